The maximum Gasteiger partial charge on any atom is 0.416 e. The molecule has 0 aliphatic carbocycles. The zero-order valence-corrected chi connectivity index (χ0v) is 19.0. The fraction of sp³-hybridized carbons (Fsp3) is 0.182. The van der Waals surface area contributed by atoms with E-state index < -0.39 is 23.4 Å². The van der Waals surface area contributed by atoms with Crippen molar-refractivity contribution in [2.45, 2.75) is 25.2 Å². The van der Waals surface area contributed by atoms with Crippen LogP contribution in [0.5, 0.6) is 0 Å². The Kier molecular flexibility index (Phi) is 6.11. The number of alkyl halides is 3. The van der Waals surface area contributed by atoms with Gasteiger partial charge in [0.25, 0.3) is 0 Å². The van der Waals surface area contributed by atoms with Gasteiger partial charge in [0.2, 0.25) is 5.72 Å². The van der Waals surface area contributed by atoms with Gasteiger partial charge in [-0.3, -0.25) is 9.45 Å². The van der Waals surface area contributed by atoms with E-state index in [9.17, 15) is 18.0 Å². The number of hydrogen-bond donors (Lipinski definition) is 0. The SMILES string of the molecule is CC[C@@](OOC(=O)c1cccs1)(c1ccccc1C(F)(F)F)n1cnc2ccc(Br)cc21. The smallest absolute Gasteiger partial charge is 0.294 e. The Morgan fingerprint density at radius 2 is 1.88 bits per heavy atom. The van der Waals surface area contributed by atoms with Crippen LogP contribution >= 0.6 is 27.3 Å². The van der Waals surface area contributed by atoms with E-state index in [1.807, 2.05) is 0 Å². The van der Waals surface area contributed by atoms with Crippen molar-refractivity contribution >= 4 is 44.3 Å². The predicted octanol–water partition coefficient (Wildman–Crippen LogP) is 6.78. The summed E-state index contributed by atoms with van der Waals surface area (Å²) >= 11 is 4.52. The van der Waals surface area contributed by atoms with Crippen LogP contribution in [-0.4, -0.2) is 15.5 Å². The first kappa shape index (κ1) is 22.5. The molecule has 0 aliphatic rings. The molecular weight excluding hydrogens is 509 g/mol. The van der Waals surface area contributed by atoms with Crippen molar-refractivity contribution in [3.05, 3.63) is 86.8 Å². The van der Waals surface area contributed by atoms with Crippen molar-refractivity contribution in [3.8, 4) is 0 Å². The fourth-order valence-corrected chi connectivity index (χ4v) is 4.46. The molecule has 0 spiro atoms. The standard InChI is InChI=1S/C22H16BrF3N2O3S/c1-2-21(31-30-20(29)19-8-5-11-32-19,15-6-3-4-7-16(15)22(24,25)26)28-13-27-17-10-9-14(23)12-18(17)28/h3-13H,2H2,1H3/t21-/m1/s1. The lowest BCUT2D eigenvalue weighted by Gasteiger charge is -2.34. The minimum Gasteiger partial charge on any atom is -0.294 e. The molecule has 0 bridgehead atoms. The molecule has 0 fully saturated rings. The predicted molar refractivity (Wildman–Crippen MR) is 117 cm³/mol. The molecule has 2 aromatic heterocycles. The second-order valence-electron chi connectivity index (χ2n) is 6.86. The van der Waals surface area contributed by atoms with E-state index in [4.69, 9.17) is 9.78 Å². The molecule has 2 heterocycles. The summed E-state index contributed by atoms with van der Waals surface area (Å²) in [5.41, 5.74) is -1.87. The third-order valence-corrected chi connectivity index (χ3v) is 6.35. The molecule has 4 rings (SSSR count). The molecule has 1 atom stereocenters. The molecule has 5 nitrogen and oxygen atoms in total. The minimum absolute atomic E-state index is 0.00971. The Bertz CT molecular complexity index is 1260. The number of rotatable bonds is 6. The first-order valence-electron chi connectivity index (χ1n) is 9.49. The van der Waals surface area contributed by atoms with E-state index in [1.54, 1.807) is 36.6 Å². The molecule has 0 unspecified atom stereocenters. The zero-order chi connectivity index (χ0) is 22.9. The van der Waals surface area contributed by atoms with Gasteiger partial charge in [-0.15, -0.1) is 11.3 Å². The number of aromatic nitrogens is 2. The van der Waals surface area contributed by atoms with Gasteiger partial charge >= 0.3 is 12.1 Å². The molecule has 32 heavy (non-hydrogen) atoms. The average Bonchev–Trinajstić information content (AvgIpc) is 3.45. The first-order chi connectivity index (χ1) is 15.3. The second kappa shape index (κ2) is 8.68. The van der Waals surface area contributed by atoms with Crippen molar-refractivity contribution in [1.29, 1.82) is 0 Å². The zero-order valence-electron chi connectivity index (χ0n) is 16.6. The van der Waals surface area contributed by atoms with E-state index in [2.05, 4.69) is 20.9 Å². The molecule has 2 aromatic carbocycles. The summed E-state index contributed by atoms with van der Waals surface area (Å²) in [6.45, 7) is 1.65. The van der Waals surface area contributed by atoms with Crippen molar-refractivity contribution in [2.75, 3.05) is 0 Å². The molecule has 0 amide bonds. The Morgan fingerprint density at radius 3 is 2.53 bits per heavy atom. The van der Waals surface area contributed by atoms with Crippen molar-refractivity contribution in [2.24, 2.45) is 0 Å². The number of fused-ring (bicyclic) bond motifs is 1. The number of benzene rings is 2. The summed E-state index contributed by atoms with van der Waals surface area (Å²) in [4.78, 5) is 27.8. The Labute approximate surface area is 193 Å². The highest BCUT2D eigenvalue weighted by Crippen LogP contribution is 2.42. The summed E-state index contributed by atoms with van der Waals surface area (Å²) in [7, 11) is 0. The maximum atomic E-state index is 14.0. The normalized spacial score (nSPS) is 13.8. The van der Waals surface area contributed by atoms with E-state index in [0.29, 0.717) is 15.5 Å². The maximum absolute atomic E-state index is 14.0. The molecule has 166 valence electrons. The summed E-state index contributed by atoms with van der Waals surface area (Å²) in [6, 6.07) is 13.5. The third-order valence-electron chi connectivity index (χ3n) is 5.01. The Morgan fingerprint density at radius 1 is 1.12 bits per heavy atom. The van der Waals surface area contributed by atoms with E-state index in [0.717, 1.165) is 17.4 Å². The molecule has 4 aromatic rings. The van der Waals surface area contributed by atoms with Crippen LogP contribution < -0.4 is 0 Å². The van der Waals surface area contributed by atoms with Crippen LogP contribution in [0.1, 0.15) is 34.1 Å². The van der Waals surface area contributed by atoms with Gasteiger partial charge in [0.05, 0.1) is 22.9 Å². The average molecular weight is 525 g/mol. The lowest BCUT2D eigenvalue weighted by molar-refractivity contribution is -0.333. The monoisotopic (exact) mass is 524 g/mol. The van der Waals surface area contributed by atoms with Gasteiger partial charge < -0.3 is 0 Å². The molecule has 0 N–H and O–H groups in total. The van der Waals surface area contributed by atoms with Gasteiger partial charge in [-0.1, -0.05) is 47.1 Å². The van der Waals surface area contributed by atoms with Crippen LogP contribution in [0.2, 0.25) is 0 Å². The minimum atomic E-state index is -4.66. The number of imidazole rings is 1. The number of thiophene rings is 1. The van der Waals surface area contributed by atoms with Crippen molar-refractivity contribution in [3.63, 3.8) is 0 Å². The second-order valence-corrected chi connectivity index (χ2v) is 8.72. The highest BCUT2D eigenvalue weighted by atomic mass is 79.9. The Balaban J connectivity index is 1.91. The first-order valence-corrected chi connectivity index (χ1v) is 11.2. The third kappa shape index (κ3) is 4.05. The number of nitrogens with zero attached hydrogens (tertiary/aromatic N) is 2. The van der Waals surface area contributed by atoms with Gasteiger partial charge in [-0.25, -0.2) is 9.78 Å². The van der Waals surface area contributed by atoms with Crippen LogP contribution in [0.15, 0.2) is 70.8 Å². The van der Waals surface area contributed by atoms with Crippen molar-refractivity contribution in [1.82, 2.24) is 9.55 Å². The molecule has 0 aliphatic heterocycles. The van der Waals surface area contributed by atoms with Crippen LogP contribution in [0.4, 0.5) is 13.2 Å². The van der Waals surface area contributed by atoms with E-state index in [1.165, 1.54) is 35.2 Å². The van der Waals surface area contributed by atoms with Gasteiger partial charge in [0.15, 0.2) is 0 Å². The number of carbonyl (C=O) groups is 1. The highest BCUT2D eigenvalue weighted by Gasteiger charge is 2.45. The molecule has 0 saturated carbocycles. The van der Waals surface area contributed by atoms with Crippen LogP contribution in [0, 0.1) is 0 Å². The summed E-state index contributed by atoms with van der Waals surface area (Å²) in [6.07, 6.45) is -3.27. The van der Waals surface area contributed by atoms with Gasteiger partial charge in [0, 0.05) is 16.5 Å². The Hall–Kier alpha value is -2.69. The lowest BCUT2D eigenvalue weighted by Crippen LogP contribution is -2.39. The quantitative estimate of drug-likeness (QED) is 0.206. The van der Waals surface area contributed by atoms with Crippen molar-refractivity contribution < 1.29 is 27.7 Å². The topological polar surface area (TPSA) is 53.4 Å². The summed E-state index contributed by atoms with van der Waals surface area (Å²) in [5.74, 6) is -0.798. The van der Waals surface area contributed by atoms with Crippen LogP contribution in [0.25, 0.3) is 11.0 Å². The number of hydrogen-bond acceptors (Lipinski definition) is 5. The van der Waals surface area contributed by atoms with Crippen LogP contribution in [-0.2, 0) is 21.7 Å². The van der Waals surface area contributed by atoms with E-state index in [-0.39, 0.29) is 16.9 Å². The van der Waals surface area contributed by atoms with Gasteiger partial charge in [-0.2, -0.15) is 18.1 Å². The molecule has 0 saturated heterocycles. The summed E-state index contributed by atoms with van der Waals surface area (Å²) in [5, 5.41) is 1.68. The molecule has 10 heteroatoms. The largest absolute Gasteiger partial charge is 0.416 e. The fourth-order valence-electron chi connectivity index (χ4n) is 3.52. The number of halogens is 4. The molecular formula is C22H16BrF3N2O3S. The highest BCUT2D eigenvalue weighted by molar-refractivity contribution is 9.10. The molecule has 0 radical (unpaired) electrons. The van der Waals surface area contributed by atoms with Gasteiger partial charge in [-0.05, 0) is 35.7 Å². The van der Waals surface area contributed by atoms with E-state index >= 15 is 0 Å². The van der Waals surface area contributed by atoms with Crippen LogP contribution in [0.3, 0.4) is 0 Å². The summed E-state index contributed by atoms with van der Waals surface area (Å²) < 4.78 is 44.1. The van der Waals surface area contributed by atoms with Gasteiger partial charge in [0.1, 0.15) is 4.88 Å². The number of carbonyl (C=O) groups excluding carboxylic acids is 1. The lowest BCUT2D eigenvalue weighted by atomic mass is 9.93.